The SMILES string of the molecule is CCCCCN(C(C)C)S(=O)(=O)c1cc(CO)sc1Br. The molecule has 0 saturated heterocycles. The van der Waals surface area contributed by atoms with Crippen LogP contribution in [0.1, 0.15) is 44.9 Å². The first-order valence-corrected chi connectivity index (χ1v) is 9.80. The van der Waals surface area contributed by atoms with Gasteiger partial charge in [-0.15, -0.1) is 11.3 Å². The lowest BCUT2D eigenvalue weighted by Crippen LogP contribution is -2.37. The number of hydrogen-bond acceptors (Lipinski definition) is 4. The number of rotatable bonds is 8. The van der Waals surface area contributed by atoms with Crippen molar-refractivity contribution in [1.82, 2.24) is 4.31 Å². The quantitative estimate of drug-likeness (QED) is 0.697. The minimum atomic E-state index is -3.51. The van der Waals surface area contributed by atoms with E-state index in [0.717, 1.165) is 19.3 Å². The molecule has 1 N–H and O–H groups in total. The van der Waals surface area contributed by atoms with Gasteiger partial charge >= 0.3 is 0 Å². The molecule has 1 heterocycles. The third-order valence-electron chi connectivity index (χ3n) is 3.01. The van der Waals surface area contributed by atoms with Gasteiger partial charge in [-0.05, 0) is 42.3 Å². The van der Waals surface area contributed by atoms with Crippen molar-refractivity contribution in [3.8, 4) is 0 Å². The van der Waals surface area contributed by atoms with Gasteiger partial charge in [-0.3, -0.25) is 0 Å². The summed E-state index contributed by atoms with van der Waals surface area (Å²) in [6, 6.07) is 1.47. The Morgan fingerprint density at radius 1 is 1.40 bits per heavy atom. The van der Waals surface area contributed by atoms with E-state index in [-0.39, 0.29) is 17.5 Å². The van der Waals surface area contributed by atoms with Crippen molar-refractivity contribution >= 4 is 37.3 Å². The van der Waals surface area contributed by atoms with Crippen LogP contribution >= 0.6 is 27.3 Å². The molecular weight excluding hydrogens is 362 g/mol. The summed E-state index contributed by atoms with van der Waals surface area (Å²) in [7, 11) is -3.51. The average Bonchev–Trinajstić information content (AvgIpc) is 2.76. The highest BCUT2D eigenvalue weighted by Crippen LogP contribution is 2.34. The second-order valence-electron chi connectivity index (χ2n) is 4.93. The number of sulfonamides is 1. The van der Waals surface area contributed by atoms with E-state index in [1.807, 2.05) is 13.8 Å². The zero-order chi connectivity index (χ0) is 15.3. The smallest absolute Gasteiger partial charge is 0.245 e. The van der Waals surface area contributed by atoms with E-state index in [1.165, 1.54) is 15.6 Å². The molecule has 0 aromatic carbocycles. The van der Waals surface area contributed by atoms with Crippen LogP contribution in [0.15, 0.2) is 14.7 Å². The summed E-state index contributed by atoms with van der Waals surface area (Å²) in [5, 5.41) is 9.14. The van der Waals surface area contributed by atoms with Crippen molar-refractivity contribution in [2.45, 2.75) is 57.6 Å². The van der Waals surface area contributed by atoms with E-state index in [1.54, 1.807) is 6.07 Å². The van der Waals surface area contributed by atoms with Crippen LogP contribution < -0.4 is 0 Å². The predicted octanol–water partition coefficient (Wildman–Crippen LogP) is 3.59. The van der Waals surface area contributed by atoms with Gasteiger partial charge in [0.25, 0.3) is 0 Å². The van der Waals surface area contributed by atoms with Crippen LogP contribution in [0.4, 0.5) is 0 Å². The number of thiophene rings is 1. The molecule has 0 aliphatic carbocycles. The molecule has 0 saturated carbocycles. The van der Waals surface area contributed by atoms with Crippen LogP contribution in [0.2, 0.25) is 0 Å². The van der Waals surface area contributed by atoms with Crippen LogP contribution in [0.25, 0.3) is 0 Å². The molecule has 0 radical (unpaired) electrons. The molecule has 1 aromatic rings. The Morgan fingerprint density at radius 3 is 2.50 bits per heavy atom. The number of hydrogen-bond donors (Lipinski definition) is 1. The highest BCUT2D eigenvalue weighted by atomic mass is 79.9. The number of halogens is 1. The summed E-state index contributed by atoms with van der Waals surface area (Å²) in [4.78, 5) is 0.907. The third kappa shape index (κ3) is 4.27. The van der Waals surface area contributed by atoms with Gasteiger partial charge in [-0.2, -0.15) is 4.31 Å². The van der Waals surface area contributed by atoms with Gasteiger partial charge in [-0.1, -0.05) is 19.8 Å². The minimum Gasteiger partial charge on any atom is -0.391 e. The van der Waals surface area contributed by atoms with Gasteiger partial charge in [0, 0.05) is 17.5 Å². The second-order valence-corrected chi connectivity index (χ2v) is 9.24. The lowest BCUT2D eigenvalue weighted by Gasteiger charge is -2.25. The Labute approximate surface area is 134 Å². The summed E-state index contributed by atoms with van der Waals surface area (Å²) in [6.45, 7) is 6.26. The Balaban J connectivity index is 3.06. The Kier molecular flexibility index (Phi) is 7.14. The average molecular weight is 384 g/mol. The predicted molar refractivity (Wildman–Crippen MR) is 86.5 cm³/mol. The summed E-state index contributed by atoms with van der Waals surface area (Å²) in [5.41, 5.74) is 0. The fourth-order valence-corrected chi connectivity index (χ4v) is 6.12. The number of aliphatic hydroxyl groups excluding tert-OH is 1. The molecule has 0 spiro atoms. The highest BCUT2D eigenvalue weighted by Gasteiger charge is 2.29. The Bertz CT molecular complexity index is 526. The summed E-state index contributed by atoms with van der Waals surface area (Å²) in [5.74, 6) is 0. The number of nitrogens with zero attached hydrogens (tertiary/aromatic N) is 1. The largest absolute Gasteiger partial charge is 0.391 e. The van der Waals surface area contributed by atoms with Crippen molar-refractivity contribution in [2.75, 3.05) is 6.54 Å². The van der Waals surface area contributed by atoms with Crippen LogP contribution in [0.3, 0.4) is 0 Å². The second kappa shape index (κ2) is 7.89. The van der Waals surface area contributed by atoms with E-state index in [0.29, 0.717) is 15.2 Å². The molecule has 116 valence electrons. The maximum atomic E-state index is 12.7. The van der Waals surface area contributed by atoms with Gasteiger partial charge < -0.3 is 5.11 Å². The van der Waals surface area contributed by atoms with Gasteiger partial charge in [0.05, 0.1) is 10.4 Å². The minimum absolute atomic E-state index is 0.0822. The molecule has 0 amide bonds. The molecule has 0 bridgehead atoms. The molecule has 20 heavy (non-hydrogen) atoms. The van der Waals surface area contributed by atoms with E-state index in [4.69, 9.17) is 5.11 Å². The van der Waals surface area contributed by atoms with Gasteiger partial charge in [0.1, 0.15) is 4.90 Å². The first-order valence-electron chi connectivity index (χ1n) is 6.75. The van der Waals surface area contributed by atoms with Crippen LogP contribution in [-0.2, 0) is 16.6 Å². The van der Waals surface area contributed by atoms with Crippen LogP contribution in [0, 0.1) is 0 Å². The molecule has 1 aromatic heterocycles. The van der Waals surface area contributed by atoms with Crippen LogP contribution in [0.5, 0.6) is 0 Å². The van der Waals surface area contributed by atoms with Gasteiger partial charge in [-0.25, -0.2) is 8.42 Å². The molecule has 4 nitrogen and oxygen atoms in total. The maximum Gasteiger partial charge on any atom is 0.245 e. The van der Waals surface area contributed by atoms with Crippen molar-refractivity contribution in [3.05, 3.63) is 14.7 Å². The fourth-order valence-electron chi connectivity index (χ4n) is 1.95. The fraction of sp³-hybridized carbons (Fsp3) is 0.692. The standard InChI is InChI=1S/C13H22BrNO3S2/c1-4-5-6-7-15(10(2)3)20(17,18)12-8-11(9-16)19-13(12)14/h8,10,16H,4-7,9H2,1-3H3. The zero-order valence-corrected chi connectivity index (χ0v) is 15.3. The molecule has 0 fully saturated rings. The molecule has 0 aliphatic heterocycles. The lowest BCUT2D eigenvalue weighted by molar-refractivity contribution is 0.285. The number of aliphatic hydroxyl groups is 1. The van der Waals surface area contributed by atoms with Crippen molar-refractivity contribution in [1.29, 1.82) is 0 Å². The normalized spacial score (nSPS) is 12.6. The van der Waals surface area contributed by atoms with E-state index in [9.17, 15) is 8.42 Å². The Hall–Kier alpha value is 0.0500. The zero-order valence-electron chi connectivity index (χ0n) is 12.1. The van der Waals surface area contributed by atoms with Gasteiger partial charge in [0.2, 0.25) is 10.0 Å². The van der Waals surface area contributed by atoms with Gasteiger partial charge in [0.15, 0.2) is 0 Å². The van der Waals surface area contributed by atoms with Crippen molar-refractivity contribution < 1.29 is 13.5 Å². The highest BCUT2D eigenvalue weighted by molar-refractivity contribution is 9.11. The molecule has 0 aliphatic rings. The monoisotopic (exact) mass is 383 g/mol. The molecule has 1 rings (SSSR count). The Morgan fingerprint density at radius 2 is 2.05 bits per heavy atom. The molecular formula is C13H22BrNO3S2. The molecule has 0 atom stereocenters. The topological polar surface area (TPSA) is 57.6 Å². The van der Waals surface area contributed by atoms with Crippen molar-refractivity contribution in [2.24, 2.45) is 0 Å². The summed E-state index contributed by atoms with van der Waals surface area (Å²) in [6.07, 6.45) is 2.94. The lowest BCUT2D eigenvalue weighted by atomic mass is 10.2. The number of unbranched alkanes of at least 4 members (excludes halogenated alkanes) is 2. The third-order valence-corrected chi connectivity index (χ3v) is 7.32. The van der Waals surface area contributed by atoms with Crippen LogP contribution in [-0.4, -0.2) is 30.4 Å². The first-order chi connectivity index (χ1) is 9.34. The van der Waals surface area contributed by atoms with Crippen molar-refractivity contribution in [3.63, 3.8) is 0 Å². The van der Waals surface area contributed by atoms with E-state index >= 15 is 0 Å². The van der Waals surface area contributed by atoms with E-state index < -0.39 is 10.0 Å². The molecule has 0 unspecified atom stereocenters. The van der Waals surface area contributed by atoms with E-state index in [2.05, 4.69) is 22.9 Å². The molecule has 7 heteroatoms. The maximum absolute atomic E-state index is 12.7. The first kappa shape index (κ1) is 18.1. The summed E-state index contributed by atoms with van der Waals surface area (Å²) >= 11 is 4.55. The summed E-state index contributed by atoms with van der Waals surface area (Å²) < 4.78 is 27.6.